The van der Waals surface area contributed by atoms with E-state index in [2.05, 4.69) is 6.07 Å². The predicted molar refractivity (Wildman–Crippen MR) is 136 cm³/mol. The van der Waals surface area contributed by atoms with Crippen molar-refractivity contribution in [2.75, 3.05) is 42.6 Å². The third kappa shape index (κ3) is 5.15. The number of hydrogen-bond donors (Lipinski definition) is 2. The van der Waals surface area contributed by atoms with Crippen molar-refractivity contribution in [3.05, 3.63) is 47.2 Å². The van der Waals surface area contributed by atoms with Crippen molar-refractivity contribution in [3.63, 3.8) is 0 Å². The topological polar surface area (TPSA) is 146 Å². The van der Waals surface area contributed by atoms with E-state index >= 15 is 0 Å². The second kappa shape index (κ2) is 11.1. The van der Waals surface area contributed by atoms with Crippen molar-refractivity contribution in [2.45, 2.75) is 51.0 Å². The zero-order valence-electron chi connectivity index (χ0n) is 21.1. The Balaban J connectivity index is 1.38. The summed E-state index contributed by atoms with van der Waals surface area (Å²) < 4.78 is 5.54. The number of carbonyl (C=O) groups is 2. The summed E-state index contributed by atoms with van der Waals surface area (Å²) in [5.41, 5.74) is 2.27. The van der Waals surface area contributed by atoms with Crippen LogP contribution in [0.25, 0.3) is 0 Å². The number of amides is 2. The molecule has 2 atom stereocenters. The van der Waals surface area contributed by atoms with Gasteiger partial charge in [-0.25, -0.2) is 14.6 Å². The first-order valence-corrected chi connectivity index (χ1v) is 12.8. The highest BCUT2D eigenvalue weighted by Crippen LogP contribution is 2.34. The van der Waals surface area contributed by atoms with Crippen LogP contribution in [0.5, 0.6) is 0 Å². The normalized spacial score (nSPS) is 20.8. The number of carbonyl (C=O) groups excluding carboxylic acids is 1. The lowest BCUT2D eigenvalue weighted by Gasteiger charge is -2.41. The summed E-state index contributed by atoms with van der Waals surface area (Å²) in [6.07, 6.45) is 0.370. The molecule has 2 aromatic rings. The van der Waals surface area contributed by atoms with E-state index in [1.807, 2.05) is 40.1 Å². The predicted octanol–water partition coefficient (Wildman–Crippen LogP) is 2.17. The minimum atomic E-state index is -1.03. The average Bonchev–Trinajstić information content (AvgIpc) is 3.59. The maximum absolute atomic E-state index is 13.0. The maximum Gasteiger partial charge on any atom is 0.410 e. The van der Waals surface area contributed by atoms with Crippen LogP contribution in [-0.4, -0.2) is 87.0 Å². The molecule has 0 saturated carbocycles. The largest absolute Gasteiger partial charge is 0.465 e. The van der Waals surface area contributed by atoms with Gasteiger partial charge < -0.3 is 29.6 Å². The molecule has 0 spiro atoms. The van der Waals surface area contributed by atoms with Gasteiger partial charge in [-0.15, -0.1) is 0 Å². The Morgan fingerprint density at radius 3 is 2.66 bits per heavy atom. The Hall–Kier alpha value is -4.11. The zero-order chi connectivity index (χ0) is 26.6. The van der Waals surface area contributed by atoms with Gasteiger partial charge in [0.1, 0.15) is 12.4 Å². The molecule has 5 rings (SSSR count). The maximum atomic E-state index is 13.0. The van der Waals surface area contributed by atoms with Gasteiger partial charge in [0, 0.05) is 31.7 Å². The summed E-state index contributed by atoms with van der Waals surface area (Å²) in [6.45, 7) is 2.32. The lowest BCUT2D eigenvalue weighted by molar-refractivity contribution is 0.0767. The number of carboxylic acid groups (broad SMARTS) is 1. The number of nitriles is 1. The Kier molecular flexibility index (Phi) is 7.46. The molecule has 0 aliphatic carbocycles. The van der Waals surface area contributed by atoms with Crippen LogP contribution >= 0.6 is 0 Å². The summed E-state index contributed by atoms with van der Waals surface area (Å²) >= 11 is 0. The lowest BCUT2D eigenvalue weighted by Crippen LogP contribution is -2.55. The number of rotatable bonds is 6. The van der Waals surface area contributed by atoms with E-state index in [0.717, 1.165) is 24.0 Å². The van der Waals surface area contributed by atoms with E-state index < -0.39 is 18.2 Å². The fraction of sp³-hybridized carbons (Fsp3) is 0.500. The summed E-state index contributed by atoms with van der Waals surface area (Å²) in [5, 5.41) is 29.0. The fourth-order valence-corrected chi connectivity index (χ4v) is 5.41. The lowest BCUT2D eigenvalue weighted by atomic mass is 10.1. The first-order valence-electron chi connectivity index (χ1n) is 12.8. The number of aliphatic hydroxyl groups excluding tert-OH is 1. The Morgan fingerprint density at radius 1 is 1.11 bits per heavy atom. The van der Waals surface area contributed by atoms with Crippen LogP contribution in [0.1, 0.15) is 36.1 Å². The molecule has 38 heavy (non-hydrogen) atoms. The molecule has 3 aliphatic heterocycles. The highest BCUT2D eigenvalue weighted by atomic mass is 16.6. The second-order valence-electron chi connectivity index (χ2n) is 9.78. The number of ether oxygens (including phenoxy) is 1. The van der Waals surface area contributed by atoms with Crippen LogP contribution in [0.2, 0.25) is 0 Å². The van der Waals surface area contributed by atoms with Gasteiger partial charge in [0.25, 0.3) is 0 Å². The molecule has 2 fully saturated rings. The van der Waals surface area contributed by atoms with E-state index in [-0.39, 0.29) is 38.8 Å². The first kappa shape index (κ1) is 25.5. The summed E-state index contributed by atoms with van der Waals surface area (Å²) in [5.74, 6) is 1.10. The van der Waals surface area contributed by atoms with Gasteiger partial charge >= 0.3 is 12.2 Å². The molecular weight excluding hydrogens is 490 g/mol. The number of nitrogens with zero attached hydrogens (tertiary/aromatic N) is 7. The van der Waals surface area contributed by atoms with Gasteiger partial charge in [0.2, 0.25) is 5.95 Å². The number of fused-ring (bicyclic) bond motifs is 1. The van der Waals surface area contributed by atoms with Crippen molar-refractivity contribution >= 4 is 24.0 Å². The van der Waals surface area contributed by atoms with Gasteiger partial charge in [0.15, 0.2) is 0 Å². The third-order valence-corrected chi connectivity index (χ3v) is 7.41. The van der Waals surface area contributed by atoms with Gasteiger partial charge in [-0.05, 0) is 18.4 Å². The first-order chi connectivity index (χ1) is 18.5. The summed E-state index contributed by atoms with van der Waals surface area (Å²) in [7, 11) is 0. The number of aliphatic hydroxyl groups is 1. The standard InChI is InChI=1S/C26H31N7O5/c27-9-8-19-13-30(11-12-33(19)26(37)38-17-18-5-2-1-3-6-18)23-21-14-31(25(35)36)15-22(21)28-24(29-23)32-10-4-7-20(32)16-34/h1-3,5-6,19-20,34H,4,7-8,10-17H2,(H,35,36). The molecule has 1 aromatic carbocycles. The van der Waals surface area contributed by atoms with Crippen molar-refractivity contribution in [1.82, 2.24) is 19.8 Å². The van der Waals surface area contributed by atoms with Crippen molar-refractivity contribution in [2.24, 2.45) is 0 Å². The molecule has 12 heteroatoms. The van der Waals surface area contributed by atoms with E-state index in [9.17, 15) is 25.1 Å². The molecule has 0 bridgehead atoms. The number of benzene rings is 1. The number of piperazine rings is 1. The molecule has 1 aromatic heterocycles. The molecule has 2 amide bonds. The monoisotopic (exact) mass is 521 g/mol. The van der Waals surface area contributed by atoms with Crippen LogP contribution in [0.3, 0.4) is 0 Å². The van der Waals surface area contributed by atoms with Gasteiger partial charge in [-0.3, -0.25) is 4.90 Å². The smallest absolute Gasteiger partial charge is 0.410 e. The molecular formula is C26H31N7O5. The van der Waals surface area contributed by atoms with E-state index in [0.29, 0.717) is 43.6 Å². The van der Waals surface area contributed by atoms with Crippen LogP contribution < -0.4 is 9.80 Å². The molecule has 200 valence electrons. The summed E-state index contributed by atoms with van der Waals surface area (Å²) in [6, 6.07) is 11.1. The molecule has 12 nitrogen and oxygen atoms in total. The SMILES string of the molecule is N#CCC1CN(c2nc(N3CCCC3CO)nc3c2CN(C(=O)O)C3)CCN1C(=O)OCc1ccccc1. The van der Waals surface area contributed by atoms with Crippen LogP contribution in [0, 0.1) is 11.3 Å². The van der Waals surface area contributed by atoms with Crippen molar-refractivity contribution < 1.29 is 24.5 Å². The van der Waals surface area contributed by atoms with Crippen molar-refractivity contribution in [1.29, 1.82) is 5.26 Å². The fourth-order valence-electron chi connectivity index (χ4n) is 5.41. The van der Waals surface area contributed by atoms with E-state index in [1.54, 1.807) is 4.90 Å². The number of aromatic nitrogens is 2. The van der Waals surface area contributed by atoms with E-state index in [1.165, 1.54) is 4.90 Å². The quantitative estimate of drug-likeness (QED) is 0.580. The second-order valence-corrected chi connectivity index (χ2v) is 9.78. The Bertz CT molecular complexity index is 1220. The minimum absolute atomic E-state index is 0.00889. The van der Waals surface area contributed by atoms with Crippen LogP contribution in [0.15, 0.2) is 30.3 Å². The molecule has 3 aliphatic rings. The Morgan fingerprint density at radius 2 is 1.92 bits per heavy atom. The highest BCUT2D eigenvalue weighted by molar-refractivity contribution is 5.70. The molecule has 2 saturated heterocycles. The molecule has 0 radical (unpaired) electrons. The van der Waals surface area contributed by atoms with Gasteiger partial charge in [0.05, 0.1) is 50.0 Å². The molecule has 2 N–H and O–H groups in total. The minimum Gasteiger partial charge on any atom is -0.465 e. The zero-order valence-corrected chi connectivity index (χ0v) is 21.1. The number of hydrogen-bond acceptors (Lipinski definition) is 9. The van der Waals surface area contributed by atoms with Crippen LogP contribution in [-0.2, 0) is 24.4 Å². The molecule has 2 unspecified atom stereocenters. The van der Waals surface area contributed by atoms with Crippen molar-refractivity contribution in [3.8, 4) is 6.07 Å². The van der Waals surface area contributed by atoms with E-state index in [4.69, 9.17) is 14.7 Å². The highest BCUT2D eigenvalue weighted by Gasteiger charge is 2.37. The molecule has 4 heterocycles. The summed E-state index contributed by atoms with van der Waals surface area (Å²) in [4.78, 5) is 41.2. The number of anilines is 2. The van der Waals surface area contributed by atoms with Gasteiger partial charge in [-0.1, -0.05) is 30.3 Å². The average molecular weight is 522 g/mol. The third-order valence-electron chi connectivity index (χ3n) is 7.41. The van der Waals surface area contributed by atoms with Crippen LogP contribution in [0.4, 0.5) is 21.4 Å². The Labute approximate surface area is 220 Å². The van der Waals surface area contributed by atoms with Gasteiger partial charge in [-0.2, -0.15) is 10.2 Å².